The molecule has 7 nitrogen and oxygen atoms in total. The number of carbonyl (C=O) groups is 1. The van der Waals surface area contributed by atoms with Gasteiger partial charge in [0.15, 0.2) is 5.96 Å². The largest absolute Gasteiger partial charge is 0.494 e. The van der Waals surface area contributed by atoms with Crippen molar-refractivity contribution in [2.75, 3.05) is 20.7 Å². The number of halogens is 1. The minimum Gasteiger partial charge on any atom is -0.494 e. The molecule has 8 heteroatoms. The second kappa shape index (κ2) is 11.8. The van der Waals surface area contributed by atoms with E-state index in [0.29, 0.717) is 31.2 Å². The maximum atomic E-state index is 11.6. The summed E-state index contributed by atoms with van der Waals surface area (Å²) < 4.78 is 11.7. The van der Waals surface area contributed by atoms with Crippen molar-refractivity contribution in [2.24, 2.45) is 4.99 Å². The van der Waals surface area contributed by atoms with Gasteiger partial charge in [-0.2, -0.15) is 0 Å². The van der Waals surface area contributed by atoms with E-state index in [-0.39, 0.29) is 36.0 Å². The van der Waals surface area contributed by atoms with Gasteiger partial charge in [-0.1, -0.05) is 12.1 Å². The van der Waals surface area contributed by atoms with Gasteiger partial charge in [-0.15, -0.1) is 24.0 Å². The van der Waals surface area contributed by atoms with Crippen molar-refractivity contribution in [3.05, 3.63) is 58.7 Å². The maximum absolute atomic E-state index is 11.6. The molecule has 0 spiro atoms. The van der Waals surface area contributed by atoms with Crippen LogP contribution in [0.3, 0.4) is 0 Å². The van der Waals surface area contributed by atoms with E-state index in [1.807, 2.05) is 31.2 Å². The number of rotatable bonds is 7. The second-order valence-electron chi connectivity index (χ2n) is 7.19. The Morgan fingerprint density at radius 2 is 1.90 bits per heavy atom. The molecule has 0 radical (unpaired) electrons. The van der Waals surface area contributed by atoms with Crippen LogP contribution in [0.1, 0.15) is 40.9 Å². The number of aliphatic imine (C=N–C) groups is 1. The molecular formula is C23H31IN4O3. The van der Waals surface area contributed by atoms with Gasteiger partial charge >= 0.3 is 0 Å². The standard InChI is InChI=1S/C23H30N4O3.HI/c1-5-29-20-11-18-10-15(2)30-21(18)12-19(20)14-27-23(25-4)26-13-16-6-8-17(9-7-16)22(28)24-3;/h6-9,11-12,15H,5,10,13-14H2,1-4H3,(H,24,28)(H2,25,26,27);1H. The Balaban J connectivity index is 0.00000341. The minimum absolute atomic E-state index is 0. The summed E-state index contributed by atoms with van der Waals surface area (Å²) in [5.41, 5.74) is 3.92. The average Bonchev–Trinajstić information content (AvgIpc) is 3.12. The molecule has 1 aliphatic rings. The average molecular weight is 538 g/mol. The molecule has 1 amide bonds. The third-order valence-corrected chi connectivity index (χ3v) is 4.95. The molecule has 2 aromatic rings. The van der Waals surface area contributed by atoms with E-state index < -0.39 is 0 Å². The number of benzene rings is 2. The fourth-order valence-corrected chi connectivity index (χ4v) is 3.41. The summed E-state index contributed by atoms with van der Waals surface area (Å²) in [6.45, 7) is 5.83. The molecule has 0 bridgehead atoms. The summed E-state index contributed by atoms with van der Waals surface area (Å²) in [4.78, 5) is 15.9. The van der Waals surface area contributed by atoms with Gasteiger partial charge in [-0.3, -0.25) is 9.79 Å². The van der Waals surface area contributed by atoms with Gasteiger partial charge in [0.25, 0.3) is 5.91 Å². The Morgan fingerprint density at radius 1 is 1.19 bits per heavy atom. The van der Waals surface area contributed by atoms with Crippen LogP contribution >= 0.6 is 24.0 Å². The van der Waals surface area contributed by atoms with E-state index in [1.165, 1.54) is 5.56 Å². The highest BCUT2D eigenvalue weighted by molar-refractivity contribution is 14.0. The Kier molecular flexibility index (Phi) is 9.42. The highest BCUT2D eigenvalue weighted by Crippen LogP contribution is 2.35. The predicted molar refractivity (Wildman–Crippen MR) is 134 cm³/mol. The molecule has 1 atom stereocenters. The zero-order valence-electron chi connectivity index (χ0n) is 18.5. The van der Waals surface area contributed by atoms with E-state index >= 15 is 0 Å². The Labute approximate surface area is 201 Å². The summed E-state index contributed by atoms with van der Waals surface area (Å²) in [5.74, 6) is 2.40. The van der Waals surface area contributed by atoms with Crippen molar-refractivity contribution in [1.29, 1.82) is 0 Å². The number of nitrogens with one attached hydrogen (secondary N) is 3. The van der Waals surface area contributed by atoms with Crippen LogP contribution in [0.4, 0.5) is 0 Å². The van der Waals surface area contributed by atoms with Gasteiger partial charge in [0.2, 0.25) is 0 Å². The summed E-state index contributed by atoms with van der Waals surface area (Å²) >= 11 is 0. The van der Waals surface area contributed by atoms with Gasteiger partial charge in [-0.05, 0) is 43.7 Å². The molecule has 2 aromatic carbocycles. The lowest BCUT2D eigenvalue weighted by Gasteiger charge is -2.16. The molecule has 1 aliphatic heterocycles. The number of hydrogen-bond acceptors (Lipinski definition) is 4. The lowest BCUT2D eigenvalue weighted by molar-refractivity contribution is 0.0963. The van der Waals surface area contributed by atoms with Gasteiger partial charge < -0.3 is 25.4 Å². The number of carbonyl (C=O) groups excluding carboxylic acids is 1. The first-order chi connectivity index (χ1) is 14.5. The van der Waals surface area contributed by atoms with Gasteiger partial charge in [0.05, 0.1) is 6.61 Å². The normalized spacial score (nSPS) is 14.7. The van der Waals surface area contributed by atoms with Crippen LogP contribution in [-0.2, 0) is 19.5 Å². The lowest BCUT2D eigenvalue weighted by Crippen LogP contribution is -2.36. The zero-order valence-corrected chi connectivity index (χ0v) is 20.8. The molecule has 0 saturated heterocycles. The Hall–Kier alpha value is -2.49. The fourth-order valence-electron chi connectivity index (χ4n) is 3.41. The number of nitrogens with zero attached hydrogens (tertiary/aromatic N) is 1. The van der Waals surface area contributed by atoms with E-state index in [4.69, 9.17) is 9.47 Å². The first-order valence-electron chi connectivity index (χ1n) is 10.2. The van der Waals surface area contributed by atoms with Crippen LogP contribution in [0, 0.1) is 0 Å². The third kappa shape index (κ3) is 6.49. The van der Waals surface area contributed by atoms with Crippen molar-refractivity contribution >= 4 is 35.8 Å². The first-order valence-corrected chi connectivity index (χ1v) is 10.2. The quantitative estimate of drug-likeness (QED) is 0.287. The third-order valence-electron chi connectivity index (χ3n) is 4.95. The zero-order chi connectivity index (χ0) is 21.5. The van der Waals surface area contributed by atoms with Gasteiger partial charge in [-0.25, -0.2) is 0 Å². The molecule has 0 fully saturated rings. The predicted octanol–water partition coefficient (Wildman–Crippen LogP) is 3.25. The van der Waals surface area contributed by atoms with Crippen LogP contribution < -0.4 is 25.4 Å². The number of fused-ring (bicyclic) bond motifs is 1. The van der Waals surface area contributed by atoms with Crippen molar-refractivity contribution in [1.82, 2.24) is 16.0 Å². The van der Waals surface area contributed by atoms with Crippen LogP contribution in [-0.4, -0.2) is 38.7 Å². The van der Waals surface area contributed by atoms with Gasteiger partial charge in [0.1, 0.15) is 17.6 Å². The van der Waals surface area contributed by atoms with Crippen molar-refractivity contribution in [3.8, 4) is 11.5 Å². The molecule has 0 aliphatic carbocycles. The maximum Gasteiger partial charge on any atom is 0.251 e. The number of amides is 1. The summed E-state index contributed by atoms with van der Waals surface area (Å²) in [6, 6.07) is 11.6. The number of guanidine groups is 1. The van der Waals surface area contributed by atoms with E-state index in [2.05, 4.69) is 40.0 Å². The summed E-state index contributed by atoms with van der Waals surface area (Å²) in [6.07, 6.45) is 1.10. The van der Waals surface area contributed by atoms with Gasteiger partial charge in [0, 0.05) is 50.3 Å². The molecule has 1 heterocycles. The molecular weight excluding hydrogens is 507 g/mol. The molecule has 1 unspecified atom stereocenters. The number of hydrogen-bond donors (Lipinski definition) is 3. The fraction of sp³-hybridized carbons (Fsp3) is 0.391. The molecule has 31 heavy (non-hydrogen) atoms. The first kappa shape index (κ1) is 24.8. The van der Waals surface area contributed by atoms with Crippen LogP contribution in [0.5, 0.6) is 11.5 Å². The number of ether oxygens (including phenoxy) is 2. The monoisotopic (exact) mass is 538 g/mol. The molecule has 0 aromatic heterocycles. The van der Waals surface area contributed by atoms with Crippen molar-refractivity contribution in [3.63, 3.8) is 0 Å². The van der Waals surface area contributed by atoms with Crippen LogP contribution in [0.2, 0.25) is 0 Å². The highest BCUT2D eigenvalue weighted by Gasteiger charge is 2.21. The Morgan fingerprint density at radius 3 is 2.55 bits per heavy atom. The van der Waals surface area contributed by atoms with E-state index in [9.17, 15) is 4.79 Å². The molecule has 3 rings (SSSR count). The van der Waals surface area contributed by atoms with Crippen molar-refractivity contribution in [2.45, 2.75) is 39.5 Å². The molecule has 168 valence electrons. The second-order valence-corrected chi connectivity index (χ2v) is 7.19. The summed E-state index contributed by atoms with van der Waals surface area (Å²) in [7, 11) is 3.36. The summed E-state index contributed by atoms with van der Waals surface area (Å²) in [5, 5.41) is 9.25. The van der Waals surface area contributed by atoms with Crippen molar-refractivity contribution < 1.29 is 14.3 Å². The smallest absolute Gasteiger partial charge is 0.251 e. The van der Waals surface area contributed by atoms with E-state index in [1.54, 1.807) is 14.1 Å². The minimum atomic E-state index is -0.0928. The molecule has 3 N–H and O–H groups in total. The lowest BCUT2D eigenvalue weighted by atomic mass is 10.1. The highest BCUT2D eigenvalue weighted by atomic mass is 127. The molecule has 0 saturated carbocycles. The topological polar surface area (TPSA) is 84.0 Å². The SMILES string of the molecule is CCOc1cc2c(cc1CNC(=NC)NCc1ccc(C(=O)NC)cc1)OC(C)C2.I. The van der Waals surface area contributed by atoms with E-state index in [0.717, 1.165) is 29.0 Å². The van der Waals surface area contributed by atoms with Crippen LogP contribution in [0.25, 0.3) is 0 Å². The Bertz CT molecular complexity index is 916. The van der Waals surface area contributed by atoms with Crippen LogP contribution in [0.15, 0.2) is 41.4 Å².